The fourth-order valence-electron chi connectivity index (χ4n) is 1.91. The second kappa shape index (κ2) is 9.75. The number of ether oxygens (including phenoxy) is 1. The first-order valence-electron chi connectivity index (χ1n) is 7.52. The van der Waals surface area contributed by atoms with Crippen LogP contribution in [-0.2, 0) is 13.1 Å². The largest absolute Gasteiger partial charge is 0.497 e. The molecule has 0 atom stereocenters. The zero-order valence-electron chi connectivity index (χ0n) is 13.6. The maximum Gasteiger partial charge on any atom is 0.185 e. The fourth-order valence-corrected chi connectivity index (χ4v) is 2.16. The van der Waals surface area contributed by atoms with Crippen LogP contribution in [0.4, 0.5) is 4.39 Å². The van der Waals surface area contributed by atoms with Gasteiger partial charge in [0, 0.05) is 13.1 Å². The van der Waals surface area contributed by atoms with Crippen molar-refractivity contribution in [3.63, 3.8) is 0 Å². The van der Waals surface area contributed by atoms with Crippen LogP contribution in [0.3, 0.4) is 0 Å². The van der Waals surface area contributed by atoms with Gasteiger partial charge in [0.25, 0.3) is 0 Å². The SMILES string of the molecule is COc1ccc(CNC(=S)NNC(=S)NCc2ccc(F)cc2)cc1. The zero-order valence-corrected chi connectivity index (χ0v) is 15.3. The van der Waals surface area contributed by atoms with Crippen LogP contribution in [0.5, 0.6) is 5.75 Å². The molecule has 8 heteroatoms. The van der Waals surface area contributed by atoms with E-state index in [1.807, 2.05) is 24.3 Å². The highest BCUT2D eigenvalue weighted by Crippen LogP contribution is 2.10. The second-order valence-corrected chi connectivity index (χ2v) is 5.91. The summed E-state index contributed by atoms with van der Waals surface area (Å²) >= 11 is 10.3. The first-order valence-corrected chi connectivity index (χ1v) is 8.33. The molecule has 0 bridgehead atoms. The lowest BCUT2D eigenvalue weighted by Gasteiger charge is -2.14. The minimum Gasteiger partial charge on any atom is -0.497 e. The molecule has 0 radical (unpaired) electrons. The lowest BCUT2D eigenvalue weighted by atomic mass is 10.2. The van der Waals surface area contributed by atoms with Crippen LogP contribution in [0, 0.1) is 5.82 Å². The van der Waals surface area contributed by atoms with Crippen molar-refractivity contribution in [3.05, 3.63) is 65.5 Å². The lowest BCUT2D eigenvalue weighted by Crippen LogP contribution is -2.49. The van der Waals surface area contributed by atoms with Crippen LogP contribution in [-0.4, -0.2) is 17.3 Å². The molecular weight excluding hydrogens is 359 g/mol. The van der Waals surface area contributed by atoms with E-state index >= 15 is 0 Å². The van der Waals surface area contributed by atoms with Crippen LogP contribution < -0.4 is 26.2 Å². The van der Waals surface area contributed by atoms with Crippen LogP contribution >= 0.6 is 24.4 Å². The van der Waals surface area contributed by atoms with E-state index in [0.29, 0.717) is 23.3 Å². The van der Waals surface area contributed by atoms with E-state index in [2.05, 4.69) is 21.5 Å². The molecule has 25 heavy (non-hydrogen) atoms. The Kier molecular flexibility index (Phi) is 7.36. The summed E-state index contributed by atoms with van der Waals surface area (Å²) < 4.78 is 17.9. The van der Waals surface area contributed by atoms with Gasteiger partial charge in [-0.3, -0.25) is 10.9 Å². The summed E-state index contributed by atoms with van der Waals surface area (Å²) in [5, 5.41) is 6.86. The average Bonchev–Trinajstić information content (AvgIpc) is 2.64. The molecule has 0 aliphatic heterocycles. The van der Waals surface area contributed by atoms with Crippen molar-refractivity contribution >= 4 is 34.7 Å². The van der Waals surface area contributed by atoms with Crippen molar-refractivity contribution < 1.29 is 9.13 Å². The molecule has 0 unspecified atom stereocenters. The Balaban J connectivity index is 1.64. The highest BCUT2D eigenvalue weighted by Gasteiger charge is 2.00. The third-order valence-electron chi connectivity index (χ3n) is 3.27. The molecule has 0 aliphatic carbocycles. The van der Waals surface area contributed by atoms with Gasteiger partial charge in [-0.1, -0.05) is 24.3 Å². The van der Waals surface area contributed by atoms with Gasteiger partial charge in [-0.15, -0.1) is 0 Å². The molecule has 4 N–H and O–H groups in total. The van der Waals surface area contributed by atoms with E-state index in [1.54, 1.807) is 19.2 Å². The van der Waals surface area contributed by atoms with Gasteiger partial charge in [0.05, 0.1) is 7.11 Å². The predicted molar refractivity (Wildman–Crippen MR) is 105 cm³/mol. The third kappa shape index (κ3) is 6.90. The van der Waals surface area contributed by atoms with Crippen LogP contribution in [0.15, 0.2) is 48.5 Å². The topological polar surface area (TPSA) is 57.4 Å². The van der Waals surface area contributed by atoms with Gasteiger partial charge in [-0.05, 0) is 59.8 Å². The number of methoxy groups -OCH3 is 1. The van der Waals surface area contributed by atoms with E-state index in [4.69, 9.17) is 29.2 Å². The van der Waals surface area contributed by atoms with Crippen molar-refractivity contribution in [2.75, 3.05) is 7.11 Å². The molecule has 0 fully saturated rings. The number of rotatable bonds is 5. The Morgan fingerprint density at radius 2 is 1.28 bits per heavy atom. The zero-order chi connectivity index (χ0) is 18.1. The van der Waals surface area contributed by atoms with Gasteiger partial charge in [0.2, 0.25) is 0 Å². The molecule has 0 aromatic heterocycles. The number of thiocarbonyl (C=S) groups is 2. The van der Waals surface area contributed by atoms with Crippen molar-refractivity contribution in [1.29, 1.82) is 0 Å². The minimum absolute atomic E-state index is 0.264. The molecule has 132 valence electrons. The quantitative estimate of drug-likeness (QED) is 0.471. The Hall–Kier alpha value is -2.45. The van der Waals surface area contributed by atoms with Gasteiger partial charge in [0.15, 0.2) is 10.2 Å². The van der Waals surface area contributed by atoms with Crippen molar-refractivity contribution in [2.45, 2.75) is 13.1 Å². The van der Waals surface area contributed by atoms with Crippen LogP contribution in [0.1, 0.15) is 11.1 Å². The molecule has 2 rings (SSSR count). The summed E-state index contributed by atoms with van der Waals surface area (Å²) in [6, 6.07) is 13.9. The van der Waals surface area contributed by atoms with Crippen LogP contribution in [0.25, 0.3) is 0 Å². The van der Waals surface area contributed by atoms with Gasteiger partial charge >= 0.3 is 0 Å². The molecule has 2 aromatic carbocycles. The summed E-state index contributed by atoms with van der Waals surface area (Å²) in [4.78, 5) is 0. The molecule has 0 saturated carbocycles. The average molecular weight is 378 g/mol. The first kappa shape index (κ1) is 18.9. The van der Waals surface area contributed by atoms with Crippen molar-refractivity contribution in [2.24, 2.45) is 0 Å². The van der Waals surface area contributed by atoms with Gasteiger partial charge in [-0.25, -0.2) is 4.39 Å². The third-order valence-corrected chi connectivity index (χ3v) is 3.76. The highest BCUT2D eigenvalue weighted by atomic mass is 32.1. The second-order valence-electron chi connectivity index (χ2n) is 5.09. The standard InChI is InChI=1S/C17H19FN4OS2/c1-23-15-8-4-13(5-9-15)11-20-17(25)22-21-16(24)19-10-12-2-6-14(18)7-3-12/h2-9H,10-11H2,1H3,(H2,19,21,24)(H2,20,22,25). The summed E-state index contributed by atoms with van der Waals surface area (Å²) in [5.41, 5.74) is 7.59. The normalized spacial score (nSPS) is 9.84. The predicted octanol–water partition coefficient (Wildman–Crippen LogP) is 2.38. The van der Waals surface area contributed by atoms with E-state index in [1.165, 1.54) is 12.1 Å². The number of nitrogens with one attached hydrogen (secondary N) is 4. The van der Waals surface area contributed by atoms with Gasteiger partial charge in [0.1, 0.15) is 11.6 Å². The van der Waals surface area contributed by atoms with E-state index in [9.17, 15) is 4.39 Å². The first-order chi connectivity index (χ1) is 12.1. The maximum atomic E-state index is 12.8. The Morgan fingerprint density at radius 1 is 0.840 bits per heavy atom. The van der Waals surface area contributed by atoms with Crippen LogP contribution in [0.2, 0.25) is 0 Å². The van der Waals surface area contributed by atoms with Crippen molar-refractivity contribution in [1.82, 2.24) is 21.5 Å². The van der Waals surface area contributed by atoms with E-state index in [-0.39, 0.29) is 5.82 Å². The summed E-state index contributed by atoms with van der Waals surface area (Å²) in [6.45, 7) is 1.06. The summed E-state index contributed by atoms with van der Waals surface area (Å²) in [6.07, 6.45) is 0. The molecular formula is C17H19FN4OS2. The van der Waals surface area contributed by atoms with E-state index < -0.39 is 0 Å². The smallest absolute Gasteiger partial charge is 0.185 e. The lowest BCUT2D eigenvalue weighted by molar-refractivity contribution is 0.414. The number of hydrazine groups is 1. The number of hydrogen-bond acceptors (Lipinski definition) is 3. The van der Waals surface area contributed by atoms with E-state index in [0.717, 1.165) is 16.9 Å². The molecule has 0 saturated heterocycles. The summed E-state index contributed by atoms with van der Waals surface area (Å²) in [5.74, 6) is 0.545. The monoisotopic (exact) mass is 378 g/mol. The maximum absolute atomic E-state index is 12.8. The Morgan fingerprint density at radius 3 is 1.72 bits per heavy atom. The molecule has 2 aromatic rings. The van der Waals surface area contributed by atoms with Gasteiger partial charge < -0.3 is 15.4 Å². The molecule has 0 heterocycles. The number of hydrogen-bond donors (Lipinski definition) is 4. The molecule has 5 nitrogen and oxygen atoms in total. The molecule has 0 amide bonds. The van der Waals surface area contributed by atoms with Crippen molar-refractivity contribution in [3.8, 4) is 5.75 Å². The van der Waals surface area contributed by atoms with Gasteiger partial charge in [-0.2, -0.15) is 0 Å². The fraction of sp³-hybridized carbons (Fsp3) is 0.176. The molecule has 0 spiro atoms. The molecule has 0 aliphatic rings. The summed E-state index contributed by atoms with van der Waals surface area (Å²) in [7, 11) is 1.63. The minimum atomic E-state index is -0.264. The Bertz CT molecular complexity index is 708. The Labute approximate surface area is 156 Å². The number of benzene rings is 2. The highest BCUT2D eigenvalue weighted by molar-refractivity contribution is 7.80. The number of halogens is 1.